The number of hydrogen-bond acceptors (Lipinski definition) is 5. The molecule has 7 nitrogen and oxygen atoms in total. The van der Waals surface area contributed by atoms with Crippen molar-refractivity contribution in [1.82, 2.24) is 29.8 Å². The van der Waals surface area contributed by atoms with Crippen molar-refractivity contribution in [3.63, 3.8) is 0 Å². The Labute approximate surface area is 122 Å². The number of rotatable bonds is 2. The minimum absolute atomic E-state index is 0.301. The molecule has 1 unspecified atom stereocenters. The van der Waals surface area contributed by atoms with Crippen molar-refractivity contribution in [2.75, 3.05) is 11.4 Å². The molecule has 3 aromatic heterocycles. The molecule has 108 valence electrons. The van der Waals surface area contributed by atoms with Gasteiger partial charge >= 0.3 is 0 Å². The third kappa shape index (κ3) is 2.05. The van der Waals surface area contributed by atoms with E-state index in [9.17, 15) is 0 Å². The Morgan fingerprint density at radius 3 is 3.14 bits per heavy atom. The zero-order chi connectivity index (χ0) is 14.2. The van der Waals surface area contributed by atoms with Crippen LogP contribution in [0.5, 0.6) is 0 Å². The van der Waals surface area contributed by atoms with Crippen molar-refractivity contribution in [2.24, 2.45) is 0 Å². The molecule has 4 rings (SSSR count). The van der Waals surface area contributed by atoms with Gasteiger partial charge in [0.05, 0.1) is 11.7 Å². The molecule has 3 aromatic rings. The van der Waals surface area contributed by atoms with Crippen LogP contribution in [0.25, 0.3) is 5.78 Å². The number of hydrogen-bond donors (Lipinski definition) is 1. The molecule has 1 fully saturated rings. The van der Waals surface area contributed by atoms with Crippen LogP contribution in [0.1, 0.15) is 36.7 Å². The van der Waals surface area contributed by atoms with Crippen molar-refractivity contribution in [2.45, 2.75) is 32.2 Å². The molecule has 1 aliphatic heterocycles. The summed E-state index contributed by atoms with van der Waals surface area (Å²) in [4.78, 5) is 11.0. The summed E-state index contributed by atoms with van der Waals surface area (Å²) in [6.07, 6.45) is 6.89. The summed E-state index contributed by atoms with van der Waals surface area (Å²) in [6, 6.07) is 4.43. The van der Waals surface area contributed by atoms with E-state index in [1.165, 1.54) is 12.8 Å². The van der Waals surface area contributed by atoms with Crippen LogP contribution < -0.4 is 4.90 Å². The fraction of sp³-hybridized carbons (Fsp3) is 0.429. The summed E-state index contributed by atoms with van der Waals surface area (Å²) in [6.45, 7) is 3.00. The van der Waals surface area contributed by atoms with Gasteiger partial charge in [-0.05, 0) is 32.3 Å². The van der Waals surface area contributed by atoms with Crippen molar-refractivity contribution in [3.05, 3.63) is 36.0 Å². The van der Waals surface area contributed by atoms with Gasteiger partial charge < -0.3 is 4.90 Å². The molecule has 4 heterocycles. The lowest BCUT2D eigenvalue weighted by Gasteiger charge is -2.36. The van der Waals surface area contributed by atoms with Crippen molar-refractivity contribution in [3.8, 4) is 0 Å². The number of aryl methyl sites for hydroxylation is 1. The number of piperidine rings is 1. The summed E-state index contributed by atoms with van der Waals surface area (Å²) in [7, 11) is 0. The van der Waals surface area contributed by atoms with Gasteiger partial charge in [-0.25, -0.2) is 4.98 Å². The molecule has 0 radical (unpaired) electrons. The predicted molar refractivity (Wildman–Crippen MR) is 78.0 cm³/mol. The predicted octanol–water partition coefficient (Wildman–Crippen LogP) is 1.89. The topological polar surface area (TPSA) is 75.0 Å². The molecule has 1 N–H and O–H groups in total. The van der Waals surface area contributed by atoms with Crippen LogP contribution in [0.15, 0.2) is 24.7 Å². The van der Waals surface area contributed by atoms with Gasteiger partial charge in [0.25, 0.3) is 5.78 Å². The molecular formula is C14H17N7. The third-order valence-corrected chi connectivity index (χ3v) is 4.04. The average Bonchev–Trinajstić information content (AvgIpc) is 3.17. The molecule has 0 aromatic carbocycles. The summed E-state index contributed by atoms with van der Waals surface area (Å²) < 4.78 is 1.82. The Hall–Kier alpha value is -2.44. The molecule has 0 spiro atoms. The number of aromatic amines is 1. The minimum Gasteiger partial charge on any atom is -0.348 e. The van der Waals surface area contributed by atoms with Gasteiger partial charge in [0.2, 0.25) is 0 Å². The molecule has 1 atom stereocenters. The SMILES string of the molecule is Cc1cc(N2CCCCC2c2ccn[nH]2)n2ncnc2n1. The van der Waals surface area contributed by atoms with Crippen LogP contribution in [0, 0.1) is 6.92 Å². The van der Waals surface area contributed by atoms with Gasteiger partial charge in [0.1, 0.15) is 12.1 Å². The third-order valence-electron chi connectivity index (χ3n) is 4.04. The van der Waals surface area contributed by atoms with Crippen LogP contribution in [0.4, 0.5) is 5.82 Å². The molecule has 0 aliphatic carbocycles. The molecule has 0 bridgehead atoms. The van der Waals surface area contributed by atoms with E-state index in [2.05, 4.69) is 42.3 Å². The monoisotopic (exact) mass is 283 g/mol. The summed E-state index contributed by atoms with van der Waals surface area (Å²) in [5.74, 6) is 1.70. The maximum Gasteiger partial charge on any atom is 0.254 e. The van der Waals surface area contributed by atoms with Crippen LogP contribution in [0.3, 0.4) is 0 Å². The first-order valence-electron chi connectivity index (χ1n) is 7.26. The molecule has 1 saturated heterocycles. The fourth-order valence-corrected chi connectivity index (χ4v) is 3.10. The zero-order valence-electron chi connectivity index (χ0n) is 11.9. The van der Waals surface area contributed by atoms with Gasteiger partial charge in [-0.15, -0.1) is 0 Å². The maximum absolute atomic E-state index is 4.42. The van der Waals surface area contributed by atoms with Crippen molar-refractivity contribution >= 4 is 11.6 Å². The van der Waals surface area contributed by atoms with E-state index in [-0.39, 0.29) is 0 Å². The highest BCUT2D eigenvalue weighted by Crippen LogP contribution is 2.34. The zero-order valence-corrected chi connectivity index (χ0v) is 11.9. The van der Waals surface area contributed by atoms with Gasteiger partial charge in [0, 0.05) is 24.5 Å². The lowest BCUT2D eigenvalue weighted by atomic mass is 9.99. The Morgan fingerprint density at radius 1 is 1.33 bits per heavy atom. The second-order valence-electron chi connectivity index (χ2n) is 5.44. The Morgan fingerprint density at radius 2 is 2.29 bits per heavy atom. The van der Waals surface area contributed by atoms with E-state index in [4.69, 9.17) is 0 Å². The second kappa shape index (κ2) is 4.83. The van der Waals surface area contributed by atoms with Gasteiger partial charge in [0.15, 0.2) is 0 Å². The van der Waals surface area contributed by atoms with Crippen LogP contribution in [0.2, 0.25) is 0 Å². The first kappa shape index (κ1) is 12.3. The van der Waals surface area contributed by atoms with Crippen molar-refractivity contribution < 1.29 is 0 Å². The highest BCUT2D eigenvalue weighted by atomic mass is 15.4. The Kier molecular flexibility index (Phi) is 2.83. The standard InChI is InChI=1S/C14H17N7/c1-10-8-13(21-14(18-10)15-9-17-21)20-7-3-2-4-12(20)11-5-6-16-19-11/h5-6,8-9,12H,2-4,7H2,1H3,(H,16,19). The quantitative estimate of drug-likeness (QED) is 0.777. The van der Waals surface area contributed by atoms with Gasteiger partial charge in [-0.3, -0.25) is 5.10 Å². The van der Waals surface area contributed by atoms with E-state index < -0.39 is 0 Å². The number of fused-ring (bicyclic) bond motifs is 1. The number of nitrogens with zero attached hydrogens (tertiary/aromatic N) is 6. The average molecular weight is 283 g/mol. The molecule has 0 saturated carbocycles. The van der Waals surface area contributed by atoms with E-state index in [1.807, 2.05) is 17.6 Å². The first-order valence-corrected chi connectivity index (χ1v) is 7.26. The number of anilines is 1. The van der Waals surface area contributed by atoms with Crippen LogP contribution in [-0.2, 0) is 0 Å². The minimum atomic E-state index is 0.301. The summed E-state index contributed by atoms with van der Waals surface area (Å²) >= 11 is 0. The maximum atomic E-state index is 4.42. The highest BCUT2D eigenvalue weighted by Gasteiger charge is 2.27. The number of aromatic nitrogens is 6. The van der Waals surface area contributed by atoms with E-state index in [1.54, 1.807) is 6.33 Å². The van der Waals surface area contributed by atoms with E-state index >= 15 is 0 Å². The molecule has 21 heavy (non-hydrogen) atoms. The molecular weight excluding hydrogens is 266 g/mol. The molecule has 7 heteroatoms. The molecule has 0 amide bonds. The van der Waals surface area contributed by atoms with Gasteiger partial charge in [-0.2, -0.15) is 19.7 Å². The van der Waals surface area contributed by atoms with E-state index in [0.717, 1.165) is 30.2 Å². The normalized spacial score (nSPS) is 19.3. The van der Waals surface area contributed by atoms with Crippen LogP contribution >= 0.6 is 0 Å². The second-order valence-corrected chi connectivity index (χ2v) is 5.44. The fourth-order valence-electron chi connectivity index (χ4n) is 3.10. The Balaban J connectivity index is 1.83. The van der Waals surface area contributed by atoms with E-state index in [0.29, 0.717) is 11.8 Å². The summed E-state index contributed by atoms with van der Waals surface area (Å²) in [5, 5.41) is 11.5. The summed E-state index contributed by atoms with van der Waals surface area (Å²) in [5.41, 5.74) is 2.11. The van der Waals surface area contributed by atoms with Crippen molar-refractivity contribution in [1.29, 1.82) is 0 Å². The smallest absolute Gasteiger partial charge is 0.254 e. The first-order chi connectivity index (χ1) is 10.3. The van der Waals surface area contributed by atoms with Crippen LogP contribution in [-0.4, -0.2) is 36.3 Å². The largest absolute Gasteiger partial charge is 0.348 e. The highest BCUT2D eigenvalue weighted by molar-refractivity contribution is 5.49. The molecule has 1 aliphatic rings. The lowest BCUT2D eigenvalue weighted by Crippen LogP contribution is -2.35. The number of H-pyrrole nitrogens is 1. The Bertz CT molecular complexity index is 746. The van der Waals surface area contributed by atoms with Gasteiger partial charge in [-0.1, -0.05) is 0 Å². The number of nitrogens with one attached hydrogen (secondary N) is 1. The lowest BCUT2D eigenvalue weighted by molar-refractivity contribution is 0.458.